The van der Waals surface area contributed by atoms with Gasteiger partial charge in [0.1, 0.15) is 28.4 Å². The first-order valence-corrected chi connectivity index (χ1v) is 7.98. The van der Waals surface area contributed by atoms with E-state index in [1.54, 1.807) is 0 Å². The normalized spacial score (nSPS) is 17.0. The van der Waals surface area contributed by atoms with Crippen molar-refractivity contribution in [3.8, 4) is 0 Å². The van der Waals surface area contributed by atoms with Crippen molar-refractivity contribution in [1.29, 1.82) is 0 Å². The second kappa shape index (κ2) is 7.13. The van der Waals surface area contributed by atoms with Gasteiger partial charge in [-0.25, -0.2) is 23.1 Å². The summed E-state index contributed by atoms with van der Waals surface area (Å²) in [5, 5.41) is 7.74. The van der Waals surface area contributed by atoms with Crippen molar-refractivity contribution < 1.29 is 13.0 Å². The minimum absolute atomic E-state index is 0.360. The summed E-state index contributed by atoms with van der Waals surface area (Å²) in [6.07, 6.45) is 1.82. The van der Waals surface area contributed by atoms with Gasteiger partial charge in [-0.1, -0.05) is 24.6 Å². The number of halogens is 3. The van der Waals surface area contributed by atoms with Gasteiger partial charge in [-0.05, 0) is 23.8 Å². The van der Waals surface area contributed by atoms with Crippen LogP contribution in [-0.2, 0) is 11.0 Å². The van der Waals surface area contributed by atoms with Gasteiger partial charge in [-0.2, -0.15) is 0 Å². The van der Waals surface area contributed by atoms with E-state index < -0.39 is 27.5 Å². The summed E-state index contributed by atoms with van der Waals surface area (Å²) in [6.45, 7) is 3.24. The smallest absolute Gasteiger partial charge is 0.143 e. The lowest BCUT2D eigenvalue weighted by Gasteiger charge is -1.99. The molecule has 4 nitrogen and oxygen atoms in total. The number of aromatic nitrogens is 1. The average molecular weight is 346 g/mol. The first-order valence-electron chi connectivity index (χ1n) is 6.39. The maximum Gasteiger partial charge on any atom is 0.143 e. The zero-order valence-corrected chi connectivity index (χ0v) is 13.2. The van der Waals surface area contributed by atoms with E-state index in [4.69, 9.17) is 16.7 Å². The number of rotatable bonds is 1. The van der Waals surface area contributed by atoms with E-state index in [-0.39, 0.29) is 5.02 Å². The zero-order chi connectivity index (χ0) is 16.3. The predicted molar refractivity (Wildman–Crippen MR) is 83.1 cm³/mol. The van der Waals surface area contributed by atoms with E-state index >= 15 is 0 Å². The van der Waals surface area contributed by atoms with Crippen LogP contribution in [0.1, 0.15) is 18.4 Å². The summed E-state index contributed by atoms with van der Waals surface area (Å²) >= 11 is 5.24. The van der Waals surface area contributed by atoms with Crippen LogP contribution in [0.2, 0.25) is 5.02 Å². The third kappa shape index (κ3) is 3.79. The molecule has 0 fully saturated rings. The lowest BCUT2D eigenvalue weighted by molar-refractivity contribution is 0.572. The summed E-state index contributed by atoms with van der Waals surface area (Å²) in [5.74, 6) is -0.0206. The van der Waals surface area contributed by atoms with Crippen molar-refractivity contribution >= 4 is 28.4 Å². The van der Waals surface area contributed by atoms with Gasteiger partial charge in [0, 0.05) is 18.7 Å². The Labute approximate surface area is 134 Å². The minimum Gasteiger partial charge on any atom is -0.369 e. The van der Waals surface area contributed by atoms with Crippen LogP contribution in [0.25, 0.3) is 0 Å². The highest BCUT2D eigenvalue weighted by molar-refractivity contribution is 7.82. The predicted octanol–water partition coefficient (Wildman–Crippen LogP) is 3.21. The molecule has 22 heavy (non-hydrogen) atoms. The number of nitrogens with two attached hydrogens (primary N) is 1. The van der Waals surface area contributed by atoms with Crippen LogP contribution in [-0.4, -0.2) is 15.7 Å². The van der Waals surface area contributed by atoms with Gasteiger partial charge < -0.3 is 5.32 Å². The number of benzene rings is 1. The number of pyridine rings is 1. The summed E-state index contributed by atoms with van der Waals surface area (Å²) in [4.78, 5) is 3.81. The Balaban J connectivity index is 0.000000162. The fourth-order valence-corrected chi connectivity index (χ4v) is 2.60. The molecule has 1 aliphatic rings. The van der Waals surface area contributed by atoms with Crippen LogP contribution in [0.5, 0.6) is 0 Å². The topological polar surface area (TPSA) is 68.0 Å². The Morgan fingerprint density at radius 2 is 2.14 bits per heavy atom. The summed E-state index contributed by atoms with van der Waals surface area (Å²) in [5.41, 5.74) is 1.35. The number of nitrogens with zero attached hydrogens (tertiary/aromatic N) is 1. The molecule has 2 aromatic rings. The van der Waals surface area contributed by atoms with Crippen LogP contribution in [0, 0.1) is 11.6 Å². The van der Waals surface area contributed by atoms with Crippen LogP contribution in [0.15, 0.2) is 35.4 Å². The molecule has 1 aromatic heterocycles. The van der Waals surface area contributed by atoms with Gasteiger partial charge in [-0.3, -0.25) is 0 Å². The molecule has 2 unspecified atom stereocenters. The van der Waals surface area contributed by atoms with Gasteiger partial charge >= 0.3 is 0 Å². The van der Waals surface area contributed by atoms with E-state index in [2.05, 4.69) is 23.3 Å². The molecule has 2 atom stereocenters. The molecule has 0 radical (unpaired) electrons. The van der Waals surface area contributed by atoms with Crippen LogP contribution in [0.3, 0.4) is 0 Å². The molecule has 2 heterocycles. The largest absolute Gasteiger partial charge is 0.369 e. The van der Waals surface area contributed by atoms with Gasteiger partial charge in [0.25, 0.3) is 0 Å². The molecule has 0 aliphatic carbocycles. The van der Waals surface area contributed by atoms with E-state index in [1.807, 2.05) is 12.3 Å². The van der Waals surface area contributed by atoms with Crippen LogP contribution >= 0.6 is 11.6 Å². The fraction of sp³-hybridized carbons (Fsp3) is 0.214. The molecule has 0 saturated carbocycles. The van der Waals surface area contributed by atoms with Crippen molar-refractivity contribution in [2.75, 3.05) is 11.9 Å². The van der Waals surface area contributed by atoms with Crippen LogP contribution in [0.4, 0.5) is 14.6 Å². The molecule has 0 bridgehead atoms. The standard InChI is InChI=1S/C8H10N2.C6H4ClF2NOS/c1-6-5-10-8-7(6)3-2-4-9-8;7-3-1-5(9)6(12(10)11)2-4(3)8/h2-4,6H,5H2,1H3,(H,9,10);1-2H,10H2. The number of anilines is 1. The lowest BCUT2D eigenvalue weighted by Crippen LogP contribution is -2.05. The van der Waals surface area contributed by atoms with Gasteiger partial charge in [0.15, 0.2) is 0 Å². The summed E-state index contributed by atoms with van der Waals surface area (Å²) < 4.78 is 36.0. The third-order valence-electron chi connectivity index (χ3n) is 3.14. The van der Waals surface area contributed by atoms with Gasteiger partial charge in [-0.15, -0.1) is 0 Å². The number of nitrogens with one attached hydrogen (secondary N) is 1. The highest BCUT2D eigenvalue weighted by Gasteiger charge is 2.17. The van der Waals surface area contributed by atoms with E-state index in [0.717, 1.165) is 18.4 Å². The molecular weight excluding hydrogens is 332 g/mol. The summed E-state index contributed by atoms with van der Waals surface area (Å²) in [6, 6.07) is 5.57. The van der Waals surface area contributed by atoms with Crippen molar-refractivity contribution in [3.05, 3.63) is 52.7 Å². The quantitative estimate of drug-likeness (QED) is 0.780. The molecule has 8 heteroatoms. The Kier molecular flexibility index (Phi) is 5.44. The second-order valence-corrected chi connectivity index (χ2v) is 6.16. The molecule has 3 N–H and O–H groups in total. The van der Waals surface area contributed by atoms with Gasteiger partial charge in [0.05, 0.1) is 9.92 Å². The molecule has 1 aliphatic heterocycles. The van der Waals surface area contributed by atoms with E-state index in [9.17, 15) is 13.0 Å². The minimum atomic E-state index is -2.03. The van der Waals surface area contributed by atoms with Crippen molar-refractivity contribution in [2.45, 2.75) is 17.7 Å². The number of hydrogen-bond donors (Lipinski definition) is 2. The van der Waals surface area contributed by atoms with Crippen LogP contribution < -0.4 is 10.5 Å². The van der Waals surface area contributed by atoms with Crippen molar-refractivity contribution in [2.24, 2.45) is 5.14 Å². The molecule has 0 amide bonds. The first-order chi connectivity index (χ1) is 10.4. The van der Waals surface area contributed by atoms with E-state index in [1.165, 1.54) is 5.56 Å². The molecule has 1 aromatic carbocycles. The molecule has 0 saturated heterocycles. The highest BCUT2D eigenvalue weighted by Crippen LogP contribution is 2.27. The Hall–Kier alpha value is -1.57. The van der Waals surface area contributed by atoms with Crippen molar-refractivity contribution in [3.63, 3.8) is 0 Å². The maximum absolute atomic E-state index is 12.8. The highest BCUT2D eigenvalue weighted by atomic mass is 35.5. The van der Waals surface area contributed by atoms with Crippen molar-refractivity contribution in [1.82, 2.24) is 4.98 Å². The first kappa shape index (κ1) is 16.8. The number of fused-ring (bicyclic) bond motifs is 1. The monoisotopic (exact) mass is 345 g/mol. The second-order valence-electron chi connectivity index (χ2n) is 4.72. The lowest BCUT2D eigenvalue weighted by atomic mass is 10.1. The molecule has 0 spiro atoms. The van der Waals surface area contributed by atoms with E-state index in [0.29, 0.717) is 12.0 Å². The summed E-state index contributed by atoms with van der Waals surface area (Å²) in [7, 11) is -2.03. The Morgan fingerprint density at radius 1 is 1.41 bits per heavy atom. The zero-order valence-electron chi connectivity index (χ0n) is 11.6. The SMILES string of the molecule is CC1CNc2ncccc21.NS(=O)c1cc(F)c(Cl)cc1F. The third-order valence-corrected chi connectivity index (χ3v) is 4.17. The van der Waals surface area contributed by atoms with Gasteiger partial charge in [0.2, 0.25) is 0 Å². The molecule has 3 rings (SSSR count). The fourth-order valence-electron chi connectivity index (χ4n) is 1.98. The molecular formula is C14H14ClF2N3OS. The molecule has 118 valence electrons. The number of hydrogen-bond acceptors (Lipinski definition) is 3. The Morgan fingerprint density at radius 3 is 2.77 bits per heavy atom. The Bertz CT molecular complexity index is 714. The maximum atomic E-state index is 12.8. The average Bonchev–Trinajstić information content (AvgIpc) is 2.85.